The number of hydrogen-bond donors (Lipinski definition) is 0. The van der Waals surface area contributed by atoms with E-state index in [9.17, 15) is 4.79 Å². The van der Waals surface area contributed by atoms with Gasteiger partial charge in [-0.25, -0.2) is 4.79 Å². The van der Waals surface area contributed by atoms with Crippen molar-refractivity contribution in [2.75, 3.05) is 0 Å². The molecule has 0 aliphatic heterocycles. The van der Waals surface area contributed by atoms with Gasteiger partial charge in [0, 0.05) is 16.9 Å². The highest BCUT2D eigenvalue weighted by molar-refractivity contribution is 5.75. The van der Waals surface area contributed by atoms with E-state index in [0.29, 0.717) is 11.0 Å². The van der Waals surface area contributed by atoms with E-state index in [-0.39, 0.29) is 5.63 Å². The Morgan fingerprint density at radius 1 is 0.615 bits per heavy atom. The zero-order valence-corrected chi connectivity index (χ0v) is 14.5. The van der Waals surface area contributed by atoms with E-state index in [1.54, 1.807) is 12.1 Å². The molecule has 0 unspecified atom stereocenters. The molecule has 4 aromatic rings. The summed E-state index contributed by atoms with van der Waals surface area (Å²) in [7, 11) is 0. The highest BCUT2D eigenvalue weighted by Crippen LogP contribution is 2.53. The summed E-state index contributed by atoms with van der Waals surface area (Å²) < 4.78 is 4.91. The van der Waals surface area contributed by atoms with Gasteiger partial charge in [0.2, 0.25) is 0 Å². The second-order valence-electron chi connectivity index (χ2n) is 6.61. The molecule has 1 aliphatic rings. The molecule has 0 atom stereocenters. The minimum Gasteiger partial charge on any atom is -0.423 e. The lowest BCUT2D eigenvalue weighted by atomic mass is 9.88. The van der Waals surface area contributed by atoms with Crippen LogP contribution in [0.1, 0.15) is 24.0 Å². The van der Waals surface area contributed by atoms with E-state index in [1.807, 2.05) is 18.2 Å². The molecular weight excluding hydrogens is 320 g/mol. The molecule has 1 aromatic heterocycles. The molecule has 5 rings (SSSR count). The van der Waals surface area contributed by atoms with Crippen LogP contribution in [-0.2, 0) is 5.41 Å². The van der Waals surface area contributed by atoms with E-state index < -0.39 is 0 Å². The first kappa shape index (κ1) is 16.3. The Labute approximate surface area is 152 Å². The largest absolute Gasteiger partial charge is 0.423 e. The fourth-order valence-corrected chi connectivity index (χ4v) is 3.39. The number of fused-ring (bicyclic) bond motifs is 1. The SMILES string of the molecule is O=c1ccc2ccccc2o1.c1ccc(C2(c3ccccc3)CC2)cc1. The fraction of sp³-hybridized carbons (Fsp3) is 0.125. The minimum atomic E-state index is -0.302. The third kappa shape index (κ3) is 3.31. The van der Waals surface area contributed by atoms with Crippen LogP contribution in [0.25, 0.3) is 11.0 Å². The summed E-state index contributed by atoms with van der Waals surface area (Å²) >= 11 is 0. The molecule has 0 radical (unpaired) electrons. The van der Waals surface area contributed by atoms with Crippen molar-refractivity contribution in [3.63, 3.8) is 0 Å². The van der Waals surface area contributed by atoms with Crippen molar-refractivity contribution in [2.45, 2.75) is 18.3 Å². The van der Waals surface area contributed by atoms with Crippen LogP contribution in [0.2, 0.25) is 0 Å². The van der Waals surface area contributed by atoms with Crippen molar-refractivity contribution in [1.82, 2.24) is 0 Å². The number of para-hydroxylation sites is 1. The topological polar surface area (TPSA) is 30.2 Å². The van der Waals surface area contributed by atoms with E-state index in [1.165, 1.54) is 30.0 Å². The Bertz CT molecular complexity index is 1000. The maximum Gasteiger partial charge on any atom is 0.336 e. The Balaban J connectivity index is 0.000000136. The van der Waals surface area contributed by atoms with Crippen molar-refractivity contribution in [3.8, 4) is 0 Å². The summed E-state index contributed by atoms with van der Waals surface area (Å²) in [5.41, 5.74) is 3.61. The fourth-order valence-electron chi connectivity index (χ4n) is 3.39. The average molecular weight is 340 g/mol. The lowest BCUT2D eigenvalue weighted by Crippen LogP contribution is -2.07. The third-order valence-corrected chi connectivity index (χ3v) is 4.93. The first-order valence-corrected chi connectivity index (χ1v) is 8.88. The maximum absolute atomic E-state index is 10.7. The molecule has 0 N–H and O–H groups in total. The van der Waals surface area contributed by atoms with Crippen molar-refractivity contribution in [2.24, 2.45) is 0 Å². The molecule has 26 heavy (non-hydrogen) atoms. The van der Waals surface area contributed by atoms with Gasteiger partial charge in [-0.3, -0.25) is 0 Å². The Hall–Kier alpha value is -3.13. The molecule has 2 nitrogen and oxygen atoms in total. The molecule has 1 heterocycles. The highest BCUT2D eigenvalue weighted by atomic mass is 16.4. The van der Waals surface area contributed by atoms with E-state index in [0.717, 1.165) is 5.39 Å². The molecule has 0 bridgehead atoms. The van der Waals surface area contributed by atoms with Crippen LogP contribution < -0.4 is 5.63 Å². The van der Waals surface area contributed by atoms with Gasteiger partial charge in [0.25, 0.3) is 0 Å². The first-order chi connectivity index (χ1) is 12.8. The molecule has 1 aliphatic carbocycles. The average Bonchev–Trinajstić information content (AvgIpc) is 3.52. The van der Waals surface area contributed by atoms with Crippen LogP contribution in [0.5, 0.6) is 0 Å². The molecule has 2 heteroatoms. The highest BCUT2D eigenvalue weighted by Gasteiger charge is 2.45. The summed E-state index contributed by atoms with van der Waals surface area (Å²) in [4.78, 5) is 10.7. The van der Waals surface area contributed by atoms with Gasteiger partial charge in [-0.05, 0) is 36.1 Å². The number of rotatable bonds is 2. The first-order valence-electron chi connectivity index (χ1n) is 8.88. The molecule has 0 spiro atoms. The quantitative estimate of drug-likeness (QED) is 0.447. The van der Waals surface area contributed by atoms with Gasteiger partial charge in [0.1, 0.15) is 5.58 Å². The summed E-state index contributed by atoms with van der Waals surface area (Å²) in [5, 5.41) is 0.951. The van der Waals surface area contributed by atoms with Crippen LogP contribution in [-0.4, -0.2) is 0 Å². The van der Waals surface area contributed by atoms with Crippen LogP contribution in [0.3, 0.4) is 0 Å². The number of hydrogen-bond acceptors (Lipinski definition) is 2. The smallest absolute Gasteiger partial charge is 0.336 e. The minimum absolute atomic E-state index is 0.302. The van der Waals surface area contributed by atoms with Crippen molar-refractivity contribution >= 4 is 11.0 Å². The monoisotopic (exact) mass is 340 g/mol. The number of benzene rings is 3. The standard InChI is InChI=1S/C15H14.C9H6O2/c1-3-7-13(8-4-1)15(11-12-15)14-9-5-2-6-10-14;10-9-6-5-7-3-1-2-4-8(7)11-9/h1-10H,11-12H2;1-6H. The van der Waals surface area contributed by atoms with Crippen LogP contribution in [0, 0.1) is 0 Å². The van der Waals surface area contributed by atoms with Gasteiger partial charge < -0.3 is 4.42 Å². The summed E-state index contributed by atoms with van der Waals surface area (Å²) in [6.45, 7) is 0. The van der Waals surface area contributed by atoms with E-state index >= 15 is 0 Å². The summed E-state index contributed by atoms with van der Waals surface area (Å²) in [6, 6.07) is 32.3. The molecule has 1 fully saturated rings. The predicted molar refractivity (Wildman–Crippen MR) is 105 cm³/mol. The van der Waals surface area contributed by atoms with Crippen LogP contribution in [0.4, 0.5) is 0 Å². The molecular formula is C24H20O2. The van der Waals surface area contributed by atoms with Crippen molar-refractivity contribution in [1.29, 1.82) is 0 Å². The van der Waals surface area contributed by atoms with E-state index in [2.05, 4.69) is 60.7 Å². The van der Waals surface area contributed by atoms with Crippen LogP contribution in [0.15, 0.2) is 106 Å². The molecule has 0 saturated heterocycles. The molecule has 3 aromatic carbocycles. The summed E-state index contributed by atoms with van der Waals surface area (Å²) in [5.74, 6) is 0. The Kier molecular flexibility index (Phi) is 4.40. The molecule has 1 saturated carbocycles. The van der Waals surface area contributed by atoms with Gasteiger partial charge >= 0.3 is 5.63 Å². The normalized spacial score (nSPS) is 14.3. The van der Waals surface area contributed by atoms with Crippen LogP contribution >= 0.6 is 0 Å². The van der Waals surface area contributed by atoms with Crippen molar-refractivity contribution < 1.29 is 4.42 Å². The predicted octanol–water partition coefficient (Wildman–Crippen LogP) is 5.56. The van der Waals surface area contributed by atoms with Gasteiger partial charge in [0.05, 0.1) is 0 Å². The van der Waals surface area contributed by atoms with Crippen molar-refractivity contribution in [3.05, 3.63) is 119 Å². The zero-order valence-electron chi connectivity index (χ0n) is 14.5. The maximum atomic E-state index is 10.7. The second-order valence-corrected chi connectivity index (χ2v) is 6.61. The Morgan fingerprint density at radius 3 is 1.73 bits per heavy atom. The van der Waals surface area contributed by atoms with Gasteiger partial charge in [-0.1, -0.05) is 78.9 Å². The Morgan fingerprint density at radius 2 is 1.15 bits per heavy atom. The van der Waals surface area contributed by atoms with Gasteiger partial charge in [0.15, 0.2) is 0 Å². The lowest BCUT2D eigenvalue weighted by Gasteiger charge is -2.15. The second kappa shape index (κ2) is 7.01. The van der Waals surface area contributed by atoms with E-state index in [4.69, 9.17) is 4.42 Å². The third-order valence-electron chi connectivity index (χ3n) is 4.93. The molecule has 128 valence electrons. The summed E-state index contributed by atoms with van der Waals surface area (Å²) in [6.07, 6.45) is 2.59. The molecule has 0 amide bonds. The van der Waals surface area contributed by atoms with Gasteiger partial charge in [-0.2, -0.15) is 0 Å². The van der Waals surface area contributed by atoms with Gasteiger partial charge in [-0.15, -0.1) is 0 Å². The lowest BCUT2D eigenvalue weighted by molar-refractivity contribution is 0.561. The zero-order chi connectivity index (χ0) is 17.8.